The lowest BCUT2D eigenvalue weighted by atomic mass is 10.1. The number of halogens is 1. The zero-order valence-corrected chi connectivity index (χ0v) is 13.4. The molecular weight excluding hydrogens is 317 g/mol. The fourth-order valence-corrected chi connectivity index (χ4v) is 3.17. The summed E-state index contributed by atoms with van der Waals surface area (Å²) in [4.78, 5) is 30.6. The van der Waals surface area contributed by atoms with E-state index in [0.29, 0.717) is 16.2 Å². The van der Waals surface area contributed by atoms with Crippen LogP contribution in [0.15, 0.2) is 23.6 Å². The highest BCUT2D eigenvalue weighted by Gasteiger charge is 2.15. The number of carbonyl (C=O) groups excluding carboxylic acids is 2. The summed E-state index contributed by atoms with van der Waals surface area (Å²) >= 11 is 1.20. The average Bonchev–Trinajstić information content (AvgIpc) is 3.05. The Bertz CT molecular complexity index is 913. The third-order valence-corrected chi connectivity index (χ3v) is 4.29. The summed E-state index contributed by atoms with van der Waals surface area (Å²) in [5, 5.41) is 5.35. The number of aromatic amines is 1. The molecule has 0 saturated carbocycles. The summed E-state index contributed by atoms with van der Waals surface area (Å²) in [5.41, 5.74) is 2.69. The Labute approximate surface area is 135 Å². The molecule has 0 spiro atoms. The van der Waals surface area contributed by atoms with Crippen LogP contribution in [-0.2, 0) is 11.2 Å². The van der Waals surface area contributed by atoms with Crippen molar-refractivity contribution in [2.75, 3.05) is 5.32 Å². The fraction of sp³-hybridized carbons (Fsp3) is 0.188. The summed E-state index contributed by atoms with van der Waals surface area (Å²) in [6.45, 7) is 3.27. The van der Waals surface area contributed by atoms with Crippen LogP contribution in [0.1, 0.15) is 28.7 Å². The van der Waals surface area contributed by atoms with Gasteiger partial charge >= 0.3 is 0 Å². The molecule has 2 N–H and O–H groups in total. The van der Waals surface area contributed by atoms with E-state index in [4.69, 9.17) is 0 Å². The van der Waals surface area contributed by atoms with Crippen molar-refractivity contribution in [3.63, 3.8) is 0 Å². The smallest absolute Gasteiger partial charge is 0.230 e. The Morgan fingerprint density at radius 3 is 2.87 bits per heavy atom. The van der Waals surface area contributed by atoms with Crippen molar-refractivity contribution >= 4 is 39.1 Å². The number of aromatic nitrogens is 2. The molecule has 0 bridgehead atoms. The standard InChI is InChI=1S/C16H14FN3O2S/c1-8-11(12-5-10(17)3-4-13(12)18-8)6-15(22)20-16-19-14(7-23-16)9(2)21/h3-5,7,18H,6H2,1-2H3,(H,19,20,22). The van der Waals surface area contributed by atoms with Crippen LogP contribution in [0.2, 0.25) is 0 Å². The van der Waals surface area contributed by atoms with Crippen LogP contribution in [0.5, 0.6) is 0 Å². The molecule has 1 amide bonds. The molecule has 7 heteroatoms. The minimum Gasteiger partial charge on any atom is -0.358 e. The number of amides is 1. The van der Waals surface area contributed by atoms with Gasteiger partial charge in [0.05, 0.1) is 6.42 Å². The maximum atomic E-state index is 13.4. The van der Waals surface area contributed by atoms with Crippen LogP contribution in [0, 0.1) is 12.7 Å². The highest BCUT2D eigenvalue weighted by atomic mass is 32.1. The third kappa shape index (κ3) is 3.14. The molecule has 0 saturated heterocycles. The molecule has 0 radical (unpaired) electrons. The van der Waals surface area contributed by atoms with Crippen molar-refractivity contribution < 1.29 is 14.0 Å². The van der Waals surface area contributed by atoms with E-state index in [2.05, 4.69) is 15.3 Å². The number of nitrogens with one attached hydrogen (secondary N) is 2. The number of hydrogen-bond donors (Lipinski definition) is 2. The van der Waals surface area contributed by atoms with Gasteiger partial charge in [-0.2, -0.15) is 0 Å². The van der Waals surface area contributed by atoms with Crippen LogP contribution in [0.4, 0.5) is 9.52 Å². The van der Waals surface area contributed by atoms with Gasteiger partial charge in [0.1, 0.15) is 11.5 Å². The first-order valence-corrected chi connectivity index (χ1v) is 7.85. The Hall–Kier alpha value is -2.54. The van der Waals surface area contributed by atoms with E-state index >= 15 is 0 Å². The Morgan fingerprint density at radius 1 is 1.39 bits per heavy atom. The lowest BCUT2D eigenvalue weighted by molar-refractivity contribution is -0.115. The number of ketones is 1. The van der Waals surface area contributed by atoms with Gasteiger partial charge in [-0.1, -0.05) is 0 Å². The van der Waals surface area contributed by atoms with Gasteiger partial charge in [0.2, 0.25) is 5.91 Å². The third-order valence-electron chi connectivity index (χ3n) is 3.53. The molecule has 3 rings (SSSR count). The number of thiazole rings is 1. The van der Waals surface area contributed by atoms with Gasteiger partial charge in [0.25, 0.3) is 0 Å². The monoisotopic (exact) mass is 331 g/mol. The first-order chi connectivity index (χ1) is 10.9. The summed E-state index contributed by atoms with van der Waals surface area (Å²) in [6.07, 6.45) is 0.101. The van der Waals surface area contributed by atoms with E-state index in [0.717, 1.165) is 16.8 Å². The molecule has 1 aromatic carbocycles. The number of anilines is 1. The van der Waals surface area contributed by atoms with Gasteiger partial charge in [-0.25, -0.2) is 9.37 Å². The number of H-pyrrole nitrogens is 1. The van der Waals surface area contributed by atoms with E-state index in [1.807, 2.05) is 6.92 Å². The van der Waals surface area contributed by atoms with Crippen molar-refractivity contribution in [1.29, 1.82) is 0 Å². The summed E-state index contributed by atoms with van der Waals surface area (Å²) in [5.74, 6) is -0.753. The van der Waals surface area contributed by atoms with E-state index in [1.54, 1.807) is 11.4 Å². The van der Waals surface area contributed by atoms with Gasteiger partial charge in [-0.3, -0.25) is 9.59 Å². The Balaban J connectivity index is 1.81. The molecule has 0 unspecified atom stereocenters. The van der Waals surface area contributed by atoms with Crippen LogP contribution < -0.4 is 5.32 Å². The largest absolute Gasteiger partial charge is 0.358 e. The topological polar surface area (TPSA) is 74.8 Å². The Morgan fingerprint density at radius 2 is 2.17 bits per heavy atom. The predicted molar refractivity (Wildman–Crippen MR) is 87.4 cm³/mol. The lowest BCUT2D eigenvalue weighted by Gasteiger charge is -2.02. The molecule has 2 aromatic heterocycles. The lowest BCUT2D eigenvalue weighted by Crippen LogP contribution is -2.14. The maximum absolute atomic E-state index is 13.4. The highest BCUT2D eigenvalue weighted by molar-refractivity contribution is 7.14. The highest BCUT2D eigenvalue weighted by Crippen LogP contribution is 2.24. The van der Waals surface area contributed by atoms with Crippen molar-refractivity contribution in [1.82, 2.24) is 9.97 Å². The van der Waals surface area contributed by atoms with Crippen molar-refractivity contribution in [2.45, 2.75) is 20.3 Å². The minimum absolute atomic E-state index is 0.101. The summed E-state index contributed by atoms with van der Waals surface area (Å²) < 4.78 is 13.4. The van der Waals surface area contributed by atoms with Gasteiger partial charge in [0, 0.05) is 28.9 Å². The Kier molecular flexibility index (Phi) is 3.96. The number of fused-ring (bicyclic) bond motifs is 1. The first kappa shape index (κ1) is 15.4. The fourth-order valence-electron chi connectivity index (χ4n) is 2.40. The van der Waals surface area contributed by atoms with E-state index in [9.17, 15) is 14.0 Å². The number of aryl methyl sites for hydroxylation is 1. The number of benzene rings is 1. The zero-order valence-electron chi connectivity index (χ0n) is 12.6. The number of hydrogen-bond acceptors (Lipinski definition) is 4. The van der Waals surface area contributed by atoms with E-state index in [1.165, 1.54) is 30.4 Å². The van der Waals surface area contributed by atoms with Gasteiger partial charge < -0.3 is 10.3 Å². The second-order valence-electron chi connectivity index (χ2n) is 5.24. The van der Waals surface area contributed by atoms with Crippen LogP contribution >= 0.6 is 11.3 Å². The predicted octanol–water partition coefficient (Wildman–Crippen LogP) is 3.46. The number of nitrogens with zero attached hydrogens (tertiary/aromatic N) is 1. The second-order valence-corrected chi connectivity index (χ2v) is 6.10. The molecular formula is C16H14FN3O2S. The van der Waals surface area contributed by atoms with Gasteiger partial charge in [0.15, 0.2) is 10.9 Å². The van der Waals surface area contributed by atoms with E-state index in [-0.39, 0.29) is 23.9 Å². The molecule has 0 aliphatic rings. The summed E-state index contributed by atoms with van der Waals surface area (Å²) in [7, 11) is 0. The first-order valence-electron chi connectivity index (χ1n) is 6.97. The van der Waals surface area contributed by atoms with Crippen molar-refractivity contribution in [2.24, 2.45) is 0 Å². The summed E-state index contributed by atoms with van der Waals surface area (Å²) in [6, 6.07) is 4.44. The molecule has 2 heterocycles. The van der Waals surface area contributed by atoms with E-state index < -0.39 is 0 Å². The molecule has 23 heavy (non-hydrogen) atoms. The van der Waals surface area contributed by atoms with Gasteiger partial charge in [-0.05, 0) is 30.7 Å². The SMILES string of the molecule is CC(=O)c1csc(NC(=O)Cc2c(C)[nH]c3ccc(F)cc23)n1. The second kappa shape index (κ2) is 5.92. The van der Waals surface area contributed by atoms with Crippen molar-refractivity contribution in [3.8, 4) is 0 Å². The molecule has 0 aliphatic carbocycles. The van der Waals surface area contributed by atoms with Crippen LogP contribution in [-0.4, -0.2) is 21.7 Å². The number of rotatable bonds is 4. The van der Waals surface area contributed by atoms with Crippen molar-refractivity contribution in [3.05, 3.63) is 46.3 Å². The quantitative estimate of drug-likeness (QED) is 0.719. The zero-order chi connectivity index (χ0) is 16.6. The number of Topliss-reactive ketones (excluding diaryl/α,β-unsaturated/α-hetero) is 1. The minimum atomic E-state index is -0.343. The molecule has 3 aromatic rings. The van der Waals surface area contributed by atoms with Crippen LogP contribution in [0.25, 0.3) is 10.9 Å². The number of carbonyl (C=O) groups is 2. The molecule has 118 valence electrons. The normalized spacial score (nSPS) is 10.9. The average molecular weight is 331 g/mol. The van der Waals surface area contributed by atoms with Crippen LogP contribution in [0.3, 0.4) is 0 Å². The molecule has 5 nitrogen and oxygen atoms in total. The molecule has 0 atom stereocenters. The van der Waals surface area contributed by atoms with Gasteiger partial charge in [-0.15, -0.1) is 11.3 Å². The molecule has 0 aliphatic heterocycles. The maximum Gasteiger partial charge on any atom is 0.230 e. The molecule has 0 fully saturated rings.